The van der Waals surface area contributed by atoms with Crippen molar-refractivity contribution in [3.05, 3.63) is 0 Å². The van der Waals surface area contributed by atoms with Crippen LogP contribution in [0.2, 0.25) is 0 Å². The lowest BCUT2D eigenvalue weighted by molar-refractivity contribution is -0.127. The van der Waals surface area contributed by atoms with Gasteiger partial charge in [-0.2, -0.15) is 0 Å². The average Bonchev–Trinajstić information content (AvgIpc) is 2.79. The van der Waals surface area contributed by atoms with E-state index in [9.17, 15) is 4.79 Å². The lowest BCUT2D eigenvalue weighted by atomic mass is 9.87. The maximum atomic E-state index is 12.2. The fraction of sp³-hybridized carbons (Fsp3) is 0.923. The number of carbonyl (C=O) groups is 1. The molecule has 4 heteroatoms. The van der Waals surface area contributed by atoms with E-state index in [4.69, 9.17) is 5.73 Å². The van der Waals surface area contributed by atoms with E-state index < -0.39 is 0 Å². The van der Waals surface area contributed by atoms with Gasteiger partial charge in [0, 0.05) is 12.5 Å². The highest BCUT2D eigenvalue weighted by molar-refractivity contribution is 5.85. The first-order valence-corrected chi connectivity index (χ1v) is 6.78. The molecule has 2 aliphatic rings. The van der Waals surface area contributed by atoms with E-state index in [2.05, 4.69) is 5.32 Å². The number of hydrogen-bond acceptors (Lipinski definition) is 2. The van der Waals surface area contributed by atoms with E-state index in [1.54, 1.807) is 0 Å². The molecule has 0 aromatic rings. The Kier molecular flexibility index (Phi) is 5.74. The summed E-state index contributed by atoms with van der Waals surface area (Å²) in [5.74, 6) is 0.532. The molecule has 0 spiro atoms. The zero-order chi connectivity index (χ0) is 11.4. The Labute approximate surface area is 110 Å². The predicted octanol–water partition coefficient (Wildman–Crippen LogP) is 2.38. The van der Waals surface area contributed by atoms with Gasteiger partial charge < -0.3 is 11.1 Å². The minimum absolute atomic E-state index is 0. The van der Waals surface area contributed by atoms with Gasteiger partial charge in [0.1, 0.15) is 0 Å². The van der Waals surface area contributed by atoms with E-state index >= 15 is 0 Å². The first-order valence-electron chi connectivity index (χ1n) is 6.78. The summed E-state index contributed by atoms with van der Waals surface area (Å²) < 4.78 is 0. The van der Waals surface area contributed by atoms with Gasteiger partial charge >= 0.3 is 0 Å². The Bertz CT molecular complexity index is 246. The molecule has 0 aliphatic heterocycles. The average molecular weight is 261 g/mol. The lowest BCUT2D eigenvalue weighted by Crippen LogP contribution is -2.53. The van der Waals surface area contributed by atoms with Crippen molar-refractivity contribution in [3.63, 3.8) is 0 Å². The summed E-state index contributed by atoms with van der Waals surface area (Å²) in [6.45, 7) is 0.603. The molecule has 17 heavy (non-hydrogen) atoms. The molecule has 0 aromatic carbocycles. The molecule has 0 unspecified atom stereocenters. The minimum atomic E-state index is -0.0610. The first-order chi connectivity index (χ1) is 7.76. The van der Waals surface area contributed by atoms with E-state index in [0.717, 1.165) is 25.7 Å². The fourth-order valence-electron chi connectivity index (χ4n) is 3.16. The Balaban J connectivity index is 0.00000144. The molecule has 2 rings (SSSR count). The maximum Gasteiger partial charge on any atom is 0.223 e. The molecule has 3 nitrogen and oxygen atoms in total. The molecule has 0 atom stereocenters. The van der Waals surface area contributed by atoms with Crippen molar-refractivity contribution in [1.29, 1.82) is 0 Å². The van der Waals surface area contributed by atoms with Crippen LogP contribution in [0.4, 0.5) is 0 Å². The summed E-state index contributed by atoms with van der Waals surface area (Å²) >= 11 is 0. The number of hydrogen-bond donors (Lipinski definition) is 2. The Morgan fingerprint density at radius 3 is 2.24 bits per heavy atom. The summed E-state index contributed by atoms with van der Waals surface area (Å²) in [6.07, 6.45) is 10.4. The van der Waals surface area contributed by atoms with Crippen molar-refractivity contribution in [2.75, 3.05) is 6.54 Å². The molecule has 0 radical (unpaired) electrons. The third kappa shape index (κ3) is 3.59. The van der Waals surface area contributed by atoms with Crippen LogP contribution >= 0.6 is 12.4 Å². The van der Waals surface area contributed by atoms with Crippen LogP contribution in [0.15, 0.2) is 0 Å². The van der Waals surface area contributed by atoms with Gasteiger partial charge in [0.2, 0.25) is 5.91 Å². The quantitative estimate of drug-likeness (QED) is 0.819. The molecule has 0 bridgehead atoms. The fourth-order valence-corrected chi connectivity index (χ4v) is 3.16. The molecule has 0 aromatic heterocycles. The Morgan fingerprint density at radius 1 is 1.12 bits per heavy atom. The van der Waals surface area contributed by atoms with Crippen molar-refractivity contribution < 1.29 is 4.79 Å². The number of nitrogens with one attached hydrogen (secondary N) is 1. The van der Waals surface area contributed by atoms with Gasteiger partial charge in [-0.1, -0.05) is 32.1 Å². The van der Waals surface area contributed by atoms with Gasteiger partial charge in [-0.15, -0.1) is 12.4 Å². The van der Waals surface area contributed by atoms with Gasteiger partial charge in [0.15, 0.2) is 0 Å². The number of halogens is 1. The highest BCUT2D eigenvalue weighted by atomic mass is 35.5. The molecule has 100 valence electrons. The summed E-state index contributed by atoms with van der Waals surface area (Å²) in [6, 6.07) is 0. The largest absolute Gasteiger partial charge is 0.349 e. The Hall–Kier alpha value is -0.280. The van der Waals surface area contributed by atoms with Crippen LogP contribution in [-0.4, -0.2) is 18.0 Å². The van der Waals surface area contributed by atoms with E-state index in [-0.39, 0.29) is 29.8 Å². The molecule has 2 fully saturated rings. The van der Waals surface area contributed by atoms with Gasteiger partial charge in [-0.3, -0.25) is 4.79 Å². The minimum Gasteiger partial charge on any atom is -0.349 e. The lowest BCUT2D eigenvalue weighted by Gasteiger charge is -2.32. The monoisotopic (exact) mass is 260 g/mol. The summed E-state index contributed by atoms with van der Waals surface area (Å²) in [5, 5.41) is 3.25. The maximum absolute atomic E-state index is 12.2. The molecule has 0 heterocycles. The second kappa shape index (κ2) is 6.60. The molecule has 0 saturated heterocycles. The number of amides is 1. The normalized spacial score (nSPS) is 24.1. The number of carbonyl (C=O) groups excluding carboxylic acids is 1. The third-order valence-corrected chi connectivity index (χ3v) is 4.32. The first kappa shape index (κ1) is 14.8. The van der Waals surface area contributed by atoms with E-state index in [1.807, 2.05) is 0 Å². The van der Waals surface area contributed by atoms with Crippen LogP contribution in [0.1, 0.15) is 57.8 Å². The zero-order valence-electron chi connectivity index (χ0n) is 10.5. The van der Waals surface area contributed by atoms with Crippen LogP contribution in [0, 0.1) is 5.92 Å². The summed E-state index contributed by atoms with van der Waals surface area (Å²) in [4.78, 5) is 12.2. The summed E-state index contributed by atoms with van der Waals surface area (Å²) in [7, 11) is 0. The highest BCUT2D eigenvalue weighted by Gasteiger charge is 2.35. The number of nitrogens with two attached hydrogens (primary N) is 1. The predicted molar refractivity (Wildman–Crippen MR) is 72.2 cm³/mol. The van der Waals surface area contributed by atoms with Gasteiger partial charge in [-0.05, 0) is 25.7 Å². The second-order valence-corrected chi connectivity index (χ2v) is 5.52. The molecule has 2 saturated carbocycles. The second-order valence-electron chi connectivity index (χ2n) is 5.52. The van der Waals surface area contributed by atoms with Gasteiger partial charge in [-0.25, -0.2) is 0 Å². The molecular weight excluding hydrogens is 236 g/mol. The Morgan fingerprint density at radius 2 is 1.71 bits per heavy atom. The van der Waals surface area contributed by atoms with E-state index in [1.165, 1.54) is 32.1 Å². The summed E-state index contributed by atoms with van der Waals surface area (Å²) in [5.41, 5.74) is 5.77. The van der Waals surface area contributed by atoms with Crippen molar-refractivity contribution in [2.45, 2.75) is 63.3 Å². The topological polar surface area (TPSA) is 55.1 Å². The van der Waals surface area contributed by atoms with Gasteiger partial charge in [0.05, 0.1) is 5.54 Å². The smallest absolute Gasteiger partial charge is 0.223 e. The van der Waals surface area contributed by atoms with Crippen LogP contribution in [0.3, 0.4) is 0 Å². The van der Waals surface area contributed by atoms with Crippen molar-refractivity contribution in [3.8, 4) is 0 Å². The SMILES string of the molecule is Cl.NCC1(NC(=O)C2CCCCC2)CCCC1. The van der Waals surface area contributed by atoms with Crippen LogP contribution in [0.25, 0.3) is 0 Å². The van der Waals surface area contributed by atoms with Crippen molar-refractivity contribution >= 4 is 18.3 Å². The zero-order valence-corrected chi connectivity index (χ0v) is 11.4. The number of rotatable bonds is 3. The van der Waals surface area contributed by atoms with E-state index in [0.29, 0.717) is 6.54 Å². The van der Waals surface area contributed by atoms with Crippen LogP contribution in [0.5, 0.6) is 0 Å². The highest BCUT2D eigenvalue weighted by Crippen LogP contribution is 2.30. The molecule has 3 N–H and O–H groups in total. The van der Waals surface area contributed by atoms with Gasteiger partial charge in [0.25, 0.3) is 0 Å². The van der Waals surface area contributed by atoms with Crippen molar-refractivity contribution in [2.24, 2.45) is 11.7 Å². The van der Waals surface area contributed by atoms with Crippen LogP contribution in [-0.2, 0) is 4.79 Å². The van der Waals surface area contributed by atoms with Crippen molar-refractivity contribution in [1.82, 2.24) is 5.32 Å². The van der Waals surface area contributed by atoms with Crippen LogP contribution < -0.4 is 11.1 Å². The molecular formula is C13H25ClN2O. The standard InChI is InChI=1S/C13H24N2O.ClH/c14-10-13(8-4-5-9-13)15-12(16)11-6-2-1-3-7-11;/h11H,1-10,14H2,(H,15,16);1H. The third-order valence-electron chi connectivity index (χ3n) is 4.32. The molecule has 2 aliphatic carbocycles. The molecule has 1 amide bonds.